The molecule has 0 spiro atoms. The van der Waals surface area contributed by atoms with Gasteiger partial charge in [0.25, 0.3) is 0 Å². The Labute approximate surface area is 106 Å². The van der Waals surface area contributed by atoms with E-state index in [-0.39, 0.29) is 5.41 Å². The maximum absolute atomic E-state index is 12.4. The molecule has 2 fully saturated rings. The summed E-state index contributed by atoms with van der Waals surface area (Å²) < 4.78 is 0. The van der Waals surface area contributed by atoms with Gasteiger partial charge in [-0.2, -0.15) is 0 Å². The van der Waals surface area contributed by atoms with Crippen molar-refractivity contribution in [3.63, 3.8) is 0 Å². The molecular formula is C15H27NO. The van der Waals surface area contributed by atoms with E-state index in [2.05, 4.69) is 25.8 Å². The minimum atomic E-state index is -0.0700. The predicted molar refractivity (Wildman–Crippen MR) is 71.0 cm³/mol. The molecule has 0 saturated heterocycles. The maximum Gasteiger partial charge on any atom is 0.142 e. The topological polar surface area (TPSA) is 20.3 Å². The van der Waals surface area contributed by atoms with Crippen LogP contribution < -0.4 is 0 Å². The van der Waals surface area contributed by atoms with Crippen molar-refractivity contribution in [2.24, 2.45) is 11.3 Å². The summed E-state index contributed by atoms with van der Waals surface area (Å²) in [6.45, 7) is 5.24. The molecule has 2 aliphatic carbocycles. The second-order valence-corrected chi connectivity index (χ2v) is 6.72. The molecule has 98 valence electrons. The first-order valence-electron chi connectivity index (χ1n) is 7.25. The van der Waals surface area contributed by atoms with Gasteiger partial charge in [-0.25, -0.2) is 0 Å². The van der Waals surface area contributed by atoms with Crippen LogP contribution in [0.25, 0.3) is 0 Å². The van der Waals surface area contributed by atoms with E-state index >= 15 is 0 Å². The Morgan fingerprint density at radius 3 is 2.47 bits per heavy atom. The van der Waals surface area contributed by atoms with Gasteiger partial charge < -0.3 is 4.90 Å². The predicted octanol–water partition coefficient (Wildman–Crippen LogP) is 3.26. The highest BCUT2D eigenvalue weighted by atomic mass is 16.1. The van der Waals surface area contributed by atoms with Crippen LogP contribution in [-0.4, -0.2) is 30.3 Å². The van der Waals surface area contributed by atoms with Crippen molar-refractivity contribution in [2.75, 3.05) is 13.6 Å². The summed E-state index contributed by atoms with van der Waals surface area (Å²) in [4.78, 5) is 14.8. The summed E-state index contributed by atoms with van der Waals surface area (Å²) >= 11 is 0. The highest BCUT2D eigenvalue weighted by molar-refractivity contribution is 5.87. The lowest BCUT2D eigenvalue weighted by molar-refractivity contribution is -0.135. The molecule has 0 amide bonds. The standard InChI is InChI=1S/C15H27NO/c1-15(2)10-6-7-12(14(15)17)11-16(3)13-8-4-5-9-13/h12-13H,4-11H2,1-3H3. The van der Waals surface area contributed by atoms with E-state index < -0.39 is 0 Å². The SMILES string of the molecule is CN(CC1CCCC(C)(C)C1=O)C1CCCC1. The van der Waals surface area contributed by atoms with E-state index in [4.69, 9.17) is 0 Å². The number of ketones is 1. The van der Waals surface area contributed by atoms with Crippen LogP contribution in [0.5, 0.6) is 0 Å². The summed E-state index contributed by atoms with van der Waals surface area (Å²) in [5.41, 5.74) is -0.0700. The molecule has 0 aromatic carbocycles. The minimum Gasteiger partial charge on any atom is -0.303 e. The molecule has 0 aromatic heterocycles. The number of Topliss-reactive ketones (excluding diaryl/α,β-unsaturated/α-hetero) is 1. The number of nitrogens with zero attached hydrogens (tertiary/aromatic N) is 1. The van der Waals surface area contributed by atoms with E-state index in [1.807, 2.05) is 0 Å². The molecule has 2 nitrogen and oxygen atoms in total. The van der Waals surface area contributed by atoms with Gasteiger partial charge in [0.15, 0.2) is 0 Å². The second-order valence-electron chi connectivity index (χ2n) is 6.72. The first-order valence-corrected chi connectivity index (χ1v) is 7.25. The molecule has 2 aliphatic rings. The number of hydrogen-bond donors (Lipinski definition) is 0. The first kappa shape index (κ1) is 13.1. The third kappa shape index (κ3) is 2.90. The molecule has 17 heavy (non-hydrogen) atoms. The van der Waals surface area contributed by atoms with E-state index in [9.17, 15) is 4.79 Å². The Balaban J connectivity index is 1.91. The Morgan fingerprint density at radius 2 is 1.82 bits per heavy atom. The molecule has 0 heterocycles. The summed E-state index contributed by atoms with van der Waals surface area (Å²) in [5, 5.41) is 0. The summed E-state index contributed by atoms with van der Waals surface area (Å²) in [6, 6.07) is 0.743. The largest absolute Gasteiger partial charge is 0.303 e. The van der Waals surface area contributed by atoms with Crippen molar-refractivity contribution >= 4 is 5.78 Å². The third-order valence-corrected chi connectivity index (χ3v) is 4.85. The van der Waals surface area contributed by atoms with Crippen molar-refractivity contribution in [1.82, 2.24) is 4.90 Å². The Kier molecular flexibility index (Phi) is 3.92. The highest BCUT2D eigenvalue weighted by Crippen LogP contribution is 2.36. The van der Waals surface area contributed by atoms with Gasteiger partial charge in [-0.05, 0) is 32.7 Å². The smallest absolute Gasteiger partial charge is 0.142 e. The molecular weight excluding hydrogens is 210 g/mol. The van der Waals surface area contributed by atoms with Crippen LogP contribution in [0, 0.1) is 11.3 Å². The van der Waals surface area contributed by atoms with Crippen LogP contribution >= 0.6 is 0 Å². The third-order valence-electron chi connectivity index (χ3n) is 4.85. The second kappa shape index (κ2) is 5.09. The van der Waals surface area contributed by atoms with E-state index in [1.54, 1.807) is 0 Å². The Hall–Kier alpha value is -0.370. The number of hydrogen-bond acceptors (Lipinski definition) is 2. The van der Waals surface area contributed by atoms with Gasteiger partial charge in [0.05, 0.1) is 0 Å². The molecule has 1 atom stereocenters. The molecule has 2 saturated carbocycles. The lowest BCUT2D eigenvalue weighted by Crippen LogP contribution is -2.43. The van der Waals surface area contributed by atoms with Crippen molar-refractivity contribution in [1.29, 1.82) is 0 Å². The normalized spacial score (nSPS) is 30.1. The van der Waals surface area contributed by atoms with Gasteiger partial charge in [-0.1, -0.05) is 33.1 Å². The van der Waals surface area contributed by atoms with Crippen LogP contribution in [0.15, 0.2) is 0 Å². The Bertz CT molecular complexity index is 279. The van der Waals surface area contributed by atoms with Gasteiger partial charge >= 0.3 is 0 Å². The van der Waals surface area contributed by atoms with E-state index in [0.29, 0.717) is 11.7 Å². The molecule has 2 heteroatoms. The van der Waals surface area contributed by atoms with E-state index in [0.717, 1.165) is 25.4 Å². The monoisotopic (exact) mass is 237 g/mol. The van der Waals surface area contributed by atoms with E-state index in [1.165, 1.54) is 32.1 Å². The van der Waals surface area contributed by atoms with Gasteiger partial charge in [0.2, 0.25) is 0 Å². The lowest BCUT2D eigenvalue weighted by atomic mass is 9.71. The fourth-order valence-corrected chi connectivity index (χ4v) is 3.61. The number of rotatable bonds is 3. The molecule has 0 radical (unpaired) electrons. The van der Waals surface area contributed by atoms with Gasteiger partial charge in [-0.15, -0.1) is 0 Å². The quantitative estimate of drug-likeness (QED) is 0.751. The first-order chi connectivity index (χ1) is 8.00. The number of carbonyl (C=O) groups is 1. The molecule has 0 aromatic rings. The van der Waals surface area contributed by atoms with Crippen LogP contribution in [-0.2, 0) is 4.79 Å². The van der Waals surface area contributed by atoms with Crippen molar-refractivity contribution in [3.8, 4) is 0 Å². The fourth-order valence-electron chi connectivity index (χ4n) is 3.61. The molecule has 1 unspecified atom stereocenters. The summed E-state index contributed by atoms with van der Waals surface area (Å²) in [6.07, 6.45) is 8.83. The zero-order valence-corrected chi connectivity index (χ0v) is 11.7. The van der Waals surface area contributed by atoms with Crippen LogP contribution in [0.1, 0.15) is 58.8 Å². The summed E-state index contributed by atoms with van der Waals surface area (Å²) in [7, 11) is 2.21. The van der Waals surface area contributed by atoms with Crippen molar-refractivity contribution in [2.45, 2.75) is 64.8 Å². The summed E-state index contributed by atoms with van der Waals surface area (Å²) in [5.74, 6) is 0.804. The van der Waals surface area contributed by atoms with Gasteiger partial charge in [0.1, 0.15) is 5.78 Å². The molecule has 2 rings (SSSR count). The van der Waals surface area contributed by atoms with Crippen LogP contribution in [0.2, 0.25) is 0 Å². The van der Waals surface area contributed by atoms with Gasteiger partial charge in [0, 0.05) is 23.9 Å². The Morgan fingerprint density at radius 1 is 1.18 bits per heavy atom. The van der Waals surface area contributed by atoms with Crippen molar-refractivity contribution < 1.29 is 4.79 Å². The maximum atomic E-state index is 12.4. The van der Waals surface area contributed by atoms with Crippen LogP contribution in [0.4, 0.5) is 0 Å². The molecule has 0 N–H and O–H groups in total. The highest BCUT2D eigenvalue weighted by Gasteiger charge is 2.38. The zero-order chi connectivity index (χ0) is 12.5. The average molecular weight is 237 g/mol. The minimum absolute atomic E-state index is 0.0700. The molecule has 0 bridgehead atoms. The van der Waals surface area contributed by atoms with Crippen LogP contribution in [0.3, 0.4) is 0 Å². The van der Waals surface area contributed by atoms with Crippen molar-refractivity contribution in [3.05, 3.63) is 0 Å². The number of carbonyl (C=O) groups excluding carboxylic acids is 1. The van der Waals surface area contributed by atoms with Gasteiger partial charge in [-0.3, -0.25) is 4.79 Å². The fraction of sp³-hybridized carbons (Fsp3) is 0.933. The lowest BCUT2D eigenvalue weighted by Gasteiger charge is -2.36. The average Bonchev–Trinajstić information content (AvgIpc) is 2.78. The molecule has 0 aliphatic heterocycles. The zero-order valence-electron chi connectivity index (χ0n) is 11.7.